The maximum absolute atomic E-state index is 13.2. The van der Waals surface area contributed by atoms with Crippen LogP contribution >= 0.6 is 0 Å². The van der Waals surface area contributed by atoms with E-state index >= 15 is 0 Å². The van der Waals surface area contributed by atoms with Crippen LogP contribution in [0.1, 0.15) is 12.0 Å². The summed E-state index contributed by atoms with van der Waals surface area (Å²) < 4.78 is 35.5. The number of nitrogens with zero attached hydrogens (tertiary/aromatic N) is 1. The Labute approximate surface area is 158 Å². The molecule has 2 aromatic rings. The van der Waals surface area contributed by atoms with Crippen molar-refractivity contribution in [3.8, 4) is 11.5 Å². The van der Waals surface area contributed by atoms with E-state index in [-0.39, 0.29) is 30.1 Å². The van der Waals surface area contributed by atoms with Gasteiger partial charge in [0.05, 0.1) is 11.5 Å². The molecule has 1 saturated heterocycles. The second-order valence-electron chi connectivity index (χ2n) is 6.87. The van der Waals surface area contributed by atoms with Gasteiger partial charge in [-0.1, -0.05) is 42.5 Å². The number of amides is 1. The van der Waals surface area contributed by atoms with Gasteiger partial charge in [-0.05, 0) is 24.1 Å². The molecule has 0 unspecified atom stereocenters. The summed E-state index contributed by atoms with van der Waals surface area (Å²) in [4.78, 5) is 14.9. The number of fused-ring (bicyclic) bond motifs is 1. The lowest BCUT2D eigenvalue weighted by molar-refractivity contribution is -0.143. The highest BCUT2D eigenvalue weighted by Gasteiger charge is 2.39. The molecule has 2 heterocycles. The van der Waals surface area contributed by atoms with Gasteiger partial charge in [0.1, 0.15) is 6.61 Å². The van der Waals surface area contributed by atoms with Crippen molar-refractivity contribution >= 4 is 15.7 Å². The third-order valence-corrected chi connectivity index (χ3v) is 6.66. The van der Waals surface area contributed by atoms with Crippen molar-refractivity contribution in [2.24, 2.45) is 0 Å². The summed E-state index contributed by atoms with van der Waals surface area (Å²) in [7, 11) is -3.11. The normalized spacial score (nSPS) is 23.0. The summed E-state index contributed by atoms with van der Waals surface area (Å²) in [5.74, 6) is 1.01. The van der Waals surface area contributed by atoms with E-state index in [1.54, 1.807) is 17.0 Å². The van der Waals surface area contributed by atoms with E-state index in [0.717, 1.165) is 5.56 Å². The molecule has 27 heavy (non-hydrogen) atoms. The van der Waals surface area contributed by atoms with E-state index in [4.69, 9.17) is 9.47 Å². The van der Waals surface area contributed by atoms with Crippen molar-refractivity contribution in [3.63, 3.8) is 0 Å². The summed E-state index contributed by atoms with van der Waals surface area (Å²) in [6.07, 6.45) is -0.336. The van der Waals surface area contributed by atoms with Crippen LogP contribution in [0.25, 0.3) is 0 Å². The number of carbonyl (C=O) groups excluding carboxylic acids is 1. The van der Waals surface area contributed by atoms with Gasteiger partial charge >= 0.3 is 0 Å². The molecule has 0 bridgehead atoms. The largest absolute Gasteiger partial charge is 0.485 e. The molecule has 142 valence electrons. The Balaban J connectivity index is 1.57. The molecule has 0 aromatic heterocycles. The predicted molar refractivity (Wildman–Crippen MR) is 100 cm³/mol. The summed E-state index contributed by atoms with van der Waals surface area (Å²) in [5, 5.41) is 0. The standard InChI is InChI=1S/C20H21NO5S/c22-20(19-13-25-17-8-4-5-9-18(17)26-19)21(12-15-6-2-1-3-7-15)16-10-11-27(23,24)14-16/h1-9,16,19H,10-14H2/t16-,19-/m1/s1. The zero-order valence-corrected chi connectivity index (χ0v) is 15.6. The Morgan fingerprint density at radius 2 is 1.74 bits per heavy atom. The molecule has 0 saturated carbocycles. The highest BCUT2D eigenvalue weighted by atomic mass is 32.2. The molecule has 4 rings (SSSR count). The number of rotatable bonds is 4. The monoisotopic (exact) mass is 387 g/mol. The van der Waals surface area contributed by atoms with Crippen LogP contribution < -0.4 is 9.47 Å². The van der Waals surface area contributed by atoms with E-state index in [1.807, 2.05) is 42.5 Å². The van der Waals surface area contributed by atoms with Gasteiger partial charge in [-0.25, -0.2) is 8.42 Å². The molecule has 0 N–H and O–H groups in total. The van der Waals surface area contributed by atoms with Gasteiger partial charge in [0.25, 0.3) is 5.91 Å². The average Bonchev–Trinajstić information content (AvgIpc) is 3.05. The Bertz CT molecular complexity index is 928. The van der Waals surface area contributed by atoms with Crippen molar-refractivity contribution in [3.05, 3.63) is 60.2 Å². The van der Waals surface area contributed by atoms with Gasteiger partial charge < -0.3 is 14.4 Å². The fraction of sp³-hybridized carbons (Fsp3) is 0.350. The molecule has 1 amide bonds. The molecular formula is C20H21NO5S. The maximum atomic E-state index is 13.2. The van der Waals surface area contributed by atoms with E-state index < -0.39 is 15.9 Å². The van der Waals surface area contributed by atoms with Crippen LogP contribution in [0.2, 0.25) is 0 Å². The highest BCUT2D eigenvalue weighted by molar-refractivity contribution is 7.91. The fourth-order valence-corrected chi connectivity index (χ4v) is 5.25. The van der Waals surface area contributed by atoms with Gasteiger partial charge in [0, 0.05) is 12.6 Å². The number of hydrogen-bond donors (Lipinski definition) is 0. The molecular weight excluding hydrogens is 366 g/mol. The number of sulfone groups is 1. The average molecular weight is 387 g/mol. The van der Waals surface area contributed by atoms with E-state index in [0.29, 0.717) is 24.5 Å². The first-order chi connectivity index (χ1) is 13.0. The minimum atomic E-state index is -3.11. The Hall–Kier alpha value is -2.54. The number of para-hydroxylation sites is 2. The van der Waals surface area contributed by atoms with Crippen LogP contribution in [0.3, 0.4) is 0 Å². The molecule has 2 aliphatic rings. The first-order valence-corrected chi connectivity index (χ1v) is 10.8. The number of carbonyl (C=O) groups is 1. The summed E-state index contributed by atoms with van der Waals surface area (Å²) in [6, 6.07) is 16.4. The Morgan fingerprint density at radius 1 is 1.04 bits per heavy atom. The predicted octanol–water partition coefficient (Wildman–Crippen LogP) is 2.04. The van der Waals surface area contributed by atoms with Crippen molar-refractivity contribution < 1.29 is 22.7 Å². The van der Waals surface area contributed by atoms with Crippen LogP contribution in [0.15, 0.2) is 54.6 Å². The fourth-order valence-electron chi connectivity index (χ4n) is 3.51. The van der Waals surface area contributed by atoms with Crippen LogP contribution in [0.4, 0.5) is 0 Å². The van der Waals surface area contributed by atoms with Gasteiger partial charge in [-0.3, -0.25) is 4.79 Å². The first-order valence-electron chi connectivity index (χ1n) is 8.95. The lowest BCUT2D eigenvalue weighted by atomic mass is 10.1. The number of ether oxygens (including phenoxy) is 2. The third kappa shape index (κ3) is 3.93. The maximum Gasteiger partial charge on any atom is 0.267 e. The minimum Gasteiger partial charge on any atom is -0.485 e. The SMILES string of the molecule is O=C([C@H]1COc2ccccc2O1)N(Cc1ccccc1)[C@@H]1CCS(=O)(=O)C1. The van der Waals surface area contributed by atoms with Crippen LogP contribution in [0, 0.1) is 0 Å². The van der Waals surface area contributed by atoms with Gasteiger partial charge in [-0.15, -0.1) is 0 Å². The topological polar surface area (TPSA) is 72.9 Å². The molecule has 0 radical (unpaired) electrons. The van der Waals surface area contributed by atoms with Crippen LogP contribution in [-0.2, 0) is 21.2 Å². The molecule has 1 fully saturated rings. The van der Waals surface area contributed by atoms with Crippen LogP contribution in [0.5, 0.6) is 11.5 Å². The minimum absolute atomic E-state index is 0.00423. The van der Waals surface area contributed by atoms with Crippen LogP contribution in [-0.4, -0.2) is 49.5 Å². The number of hydrogen-bond acceptors (Lipinski definition) is 5. The molecule has 6 nitrogen and oxygen atoms in total. The van der Waals surface area contributed by atoms with Gasteiger partial charge in [0.15, 0.2) is 21.3 Å². The molecule has 2 aromatic carbocycles. The lowest BCUT2D eigenvalue weighted by Gasteiger charge is -2.34. The zero-order valence-electron chi connectivity index (χ0n) is 14.8. The molecule has 7 heteroatoms. The molecule has 0 spiro atoms. The Morgan fingerprint density at radius 3 is 2.44 bits per heavy atom. The van der Waals surface area contributed by atoms with Gasteiger partial charge in [-0.2, -0.15) is 0 Å². The highest BCUT2D eigenvalue weighted by Crippen LogP contribution is 2.32. The van der Waals surface area contributed by atoms with Crippen molar-refractivity contribution in [1.82, 2.24) is 4.90 Å². The summed E-state index contributed by atoms with van der Waals surface area (Å²) >= 11 is 0. The van der Waals surface area contributed by atoms with Gasteiger partial charge in [0.2, 0.25) is 6.10 Å². The molecule has 2 atom stereocenters. The third-order valence-electron chi connectivity index (χ3n) is 4.91. The number of benzene rings is 2. The molecule has 0 aliphatic carbocycles. The van der Waals surface area contributed by atoms with Crippen molar-refractivity contribution in [2.75, 3.05) is 18.1 Å². The van der Waals surface area contributed by atoms with Crippen molar-refractivity contribution in [1.29, 1.82) is 0 Å². The quantitative estimate of drug-likeness (QED) is 0.803. The van der Waals surface area contributed by atoms with E-state index in [1.165, 1.54) is 0 Å². The Kier molecular flexibility index (Phi) is 4.78. The van der Waals surface area contributed by atoms with E-state index in [9.17, 15) is 13.2 Å². The summed E-state index contributed by atoms with van der Waals surface area (Å²) in [5.41, 5.74) is 0.951. The second-order valence-corrected chi connectivity index (χ2v) is 9.10. The van der Waals surface area contributed by atoms with Crippen molar-refractivity contribution in [2.45, 2.75) is 25.1 Å². The zero-order chi connectivity index (χ0) is 18.9. The van der Waals surface area contributed by atoms with E-state index in [2.05, 4.69) is 0 Å². The first kappa shape index (κ1) is 17.9. The summed E-state index contributed by atoms with van der Waals surface area (Å²) in [6.45, 7) is 0.460. The second kappa shape index (κ2) is 7.23. The lowest BCUT2D eigenvalue weighted by Crippen LogP contribution is -2.50. The smallest absolute Gasteiger partial charge is 0.267 e. The molecule has 2 aliphatic heterocycles.